The molecule has 1 aromatic rings. The molecule has 0 aromatic heterocycles. The van der Waals surface area contributed by atoms with Crippen molar-refractivity contribution >= 4 is 21.8 Å². The molecule has 0 radical (unpaired) electrons. The van der Waals surface area contributed by atoms with Gasteiger partial charge in [0.05, 0.1) is 4.90 Å². The van der Waals surface area contributed by atoms with E-state index >= 15 is 0 Å². The van der Waals surface area contributed by atoms with Crippen LogP contribution in [0.5, 0.6) is 0 Å². The Labute approximate surface area is 154 Å². The highest BCUT2D eigenvalue weighted by atomic mass is 32.2. The summed E-state index contributed by atoms with van der Waals surface area (Å²) in [5.41, 5.74) is 0.832. The second kappa shape index (κ2) is 8.46. The number of carbonyl (C=O) groups is 2. The van der Waals surface area contributed by atoms with E-state index in [0.717, 1.165) is 5.56 Å². The molecule has 1 aliphatic heterocycles. The highest BCUT2D eigenvalue weighted by Crippen LogP contribution is 2.25. The zero-order chi connectivity index (χ0) is 19.3. The molecule has 7 nitrogen and oxygen atoms in total. The zero-order valence-corrected chi connectivity index (χ0v) is 15.9. The normalized spacial score (nSPS) is 21.0. The molecular weight excluding hydrogens is 354 g/mol. The third-order valence-electron chi connectivity index (χ3n) is 4.42. The molecule has 1 saturated heterocycles. The first kappa shape index (κ1) is 20.1. The molecule has 2 atom stereocenters. The molecule has 26 heavy (non-hydrogen) atoms. The Kier molecular flexibility index (Phi) is 6.55. The summed E-state index contributed by atoms with van der Waals surface area (Å²) >= 11 is 0. The summed E-state index contributed by atoms with van der Waals surface area (Å²) in [6, 6.07) is 6.25. The topological polar surface area (TPSA) is 95.6 Å². The maximum absolute atomic E-state index is 12.9. The lowest BCUT2D eigenvalue weighted by molar-refractivity contribution is -0.119. The van der Waals surface area contributed by atoms with Crippen LogP contribution in [-0.4, -0.2) is 43.2 Å². The first-order valence-corrected chi connectivity index (χ1v) is 9.96. The van der Waals surface area contributed by atoms with E-state index < -0.39 is 10.0 Å². The number of carbonyl (C=O) groups excluding carboxylic acids is 2. The molecule has 1 aliphatic rings. The highest BCUT2D eigenvalue weighted by Gasteiger charge is 2.34. The highest BCUT2D eigenvalue weighted by molar-refractivity contribution is 7.89. The molecule has 1 aromatic carbocycles. The summed E-state index contributed by atoms with van der Waals surface area (Å²) < 4.78 is 27.3. The minimum absolute atomic E-state index is 0.0537. The van der Waals surface area contributed by atoms with Crippen LogP contribution in [0.2, 0.25) is 0 Å². The Hall–Kier alpha value is -2.19. The molecule has 0 spiro atoms. The number of nitrogens with zero attached hydrogens (tertiary/aromatic N) is 1. The second-order valence-electron chi connectivity index (χ2n) is 6.45. The fraction of sp³-hybridized carbons (Fsp3) is 0.444. The number of amides is 2. The fourth-order valence-electron chi connectivity index (χ4n) is 3.04. The van der Waals surface area contributed by atoms with Crippen LogP contribution in [0, 0.1) is 0 Å². The molecule has 1 fully saturated rings. The number of piperidine rings is 1. The van der Waals surface area contributed by atoms with Crippen LogP contribution >= 0.6 is 0 Å². The molecule has 2 N–H and O–H groups in total. The monoisotopic (exact) mass is 379 g/mol. The predicted molar refractivity (Wildman–Crippen MR) is 98.7 cm³/mol. The Bertz CT molecular complexity index is 774. The van der Waals surface area contributed by atoms with Gasteiger partial charge in [-0.05, 0) is 43.5 Å². The van der Waals surface area contributed by atoms with Crippen molar-refractivity contribution in [2.75, 3.05) is 6.54 Å². The second-order valence-corrected chi connectivity index (χ2v) is 8.34. The van der Waals surface area contributed by atoms with Gasteiger partial charge in [0.2, 0.25) is 21.8 Å². The van der Waals surface area contributed by atoms with Crippen LogP contribution in [0.3, 0.4) is 0 Å². The SMILES string of the molecule is C=CC(=O)NC1CCN(S(=O)(=O)c2ccc(CNC(C)=O)cc2)C(C)C1. The predicted octanol–water partition coefficient (Wildman–Crippen LogP) is 1.17. The Balaban J connectivity index is 2.06. The van der Waals surface area contributed by atoms with E-state index in [4.69, 9.17) is 0 Å². The van der Waals surface area contributed by atoms with Crippen molar-refractivity contribution in [2.45, 2.75) is 50.2 Å². The molecule has 142 valence electrons. The van der Waals surface area contributed by atoms with Crippen molar-refractivity contribution in [3.63, 3.8) is 0 Å². The lowest BCUT2D eigenvalue weighted by Crippen LogP contribution is -2.50. The lowest BCUT2D eigenvalue weighted by Gasteiger charge is -2.36. The minimum atomic E-state index is -3.60. The van der Waals surface area contributed by atoms with Crippen LogP contribution in [0.4, 0.5) is 0 Å². The van der Waals surface area contributed by atoms with Crippen LogP contribution in [0.15, 0.2) is 41.8 Å². The first-order chi connectivity index (χ1) is 12.2. The standard InChI is InChI=1S/C18H25N3O4S/c1-4-18(23)20-16-9-10-21(13(2)11-16)26(24,25)17-7-5-15(6-8-17)12-19-14(3)22/h4-8,13,16H,1,9-12H2,2-3H3,(H,19,22)(H,20,23). The van der Waals surface area contributed by atoms with Gasteiger partial charge in [-0.2, -0.15) is 4.31 Å². The van der Waals surface area contributed by atoms with Crippen molar-refractivity contribution in [1.29, 1.82) is 0 Å². The van der Waals surface area contributed by atoms with E-state index in [1.807, 2.05) is 6.92 Å². The van der Waals surface area contributed by atoms with E-state index in [2.05, 4.69) is 17.2 Å². The third kappa shape index (κ3) is 4.92. The minimum Gasteiger partial charge on any atom is -0.352 e. The van der Waals surface area contributed by atoms with Crippen LogP contribution in [0.25, 0.3) is 0 Å². The molecule has 0 aliphatic carbocycles. The van der Waals surface area contributed by atoms with Crippen LogP contribution in [0.1, 0.15) is 32.3 Å². The zero-order valence-electron chi connectivity index (χ0n) is 15.1. The van der Waals surface area contributed by atoms with Gasteiger partial charge in [-0.25, -0.2) is 8.42 Å². The summed E-state index contributed by atoms with van der Waals surface area (Å²) in [6.07, 6.45) is 2.33. The average Bonchev–Trinajstić information content (AvgIpc) is 2.60. The van der Waals surface area contributed by atoms with Gasteiger partial charge in [-0.1, -0.05) is 18.7 Å². The quantitative estimate of drug-likeness (QED) is 0.725. The van der Waals surface area contributed by atoms with Gasteiger partial charge in [0.25, 0.3) is 0 Å². The summed E-state index contributed by atoms with van der Waals surface area (Å²) in [6.45, 7) is 7.41. The maximum Gasteiger partial charge on any atom is 0.243 e. The average molecular weight is 379 g/mol. The summed E-state index contributed by atoms with van der Waals surface area (Å²) in [5, 5.41) is 5.50. The van der Waals surface area contributed by atoms with E-state index in [9.17, 15) is 18.0 Å². The van der Waals surface area contributed by atoms with Gasteiger partial charge >= 0.3 is 0 Å². The third-order valence-corrected chi connectivity index (χ3v) is 6.45. The van der Waals surface area contributed by atoms with E-state index in [0.29, 0.717) is 25.9 Å². The van der Waals surface area contributed by atoms with Gasteiger partial charge in [0, 0.05) is 32.1 Å². The van der Waals surface area contributed by atoms with Crippen molar-refractivity contribution in [3.05, 3.63) is 42.5 Å². The Morgan fingerprint density at radius 3 is 2.50 bits per heavy atom. The number of hydrogen-bond acceptors (Lipinski definition) is 4. The van der Waals surface area contributed by atoms with Crippen LogP contribution in [-0.2, 0) is 26.2 Å². The molecule has 8 heteroatoms. The molecule has 2 amide bonds. The molecule has 2 unspecified atom stereocenters. The first-order valence-electron chi connectivity index (χ1n) is 8.52. The summed E-state index contributed by atoms with van der Waals surface area (Å²) in [5.74, 6) is -0.379. The number of sulfonamides is 1. The number of nitrogens with one attached hydrogen (secondary N) is 2. The fourth-order valence-corrected chi connectivity index (χ4v) is 4.70. The summed E-state index contributed by atoms with van der Waals surface area (Å²) in [4.78, 5) is 22.6. The van der Waals surface area contributed by atoms with Gasteiger partial charge < -0.3 is 10.6 Å². The van der Waals surface area contributed by atoms with Gasteiger partial charge in [-0.15, -0.1) is 0 Å². The van der Waals surface area contributed by atoms with E-state index in [1.165, 1.54) is 17.3 Å². The van der Waals surface area contributed by atoms with E-state index in [-0.39, 0.29) is 28.8 Å². The molecule has 1 heterocycles. The van der Waals surface area contributed by atoms with Crippen molar-refractivity contribution in [1.82, 2.24) is 14.9 Å². The number of benzene rings is 1. The Morgan fingerprint density at radius 2 is 1.96 bits per heavy atom. The van der Waals surface area contributed by atoms with Crippen molar-refractivity contribution in [2.24, 2.45) is 0 Å². The molecular formula is C18H25N3O4S. The maximum atomic E-state index is 12.9. The van der Waals surface area contributed by atoms with Crippen molar-refractivity contribution in [3.8, 4) is 0 Å². The molecule has 2 rings (SSSR count). The number of rotatable bonds is 6. The van der Waals surface area contributed by atoms with Gasteiger partial charge in [0.15, 0.2) is 0 Å². The van der Waals surface area contributed by atoms with Crippen LogP contribution < -0.4 is 10.6 Å². The Morgan fingerprint density at radius 1 is 1.31 bits per heavy atom. The molecule has 0 bridgehead atoms. The van der Waals surface area contributed by atoms with Gasteiger partial charge in [0.1, 0.15) is 0 Å². The van der Waals surface area contributed by atoms with Gasteiger partial charge in [-0.3, -0.25) is 9.59 Å². The lowest BCUT2D eigenvalue weighted by atomic mass is 10.0. The molecule has 0 saturated carbocycles. The smallest absolute Gasteiger partial charge is 0.243 e. The largest absolute Gasteiger partial charge is 0.352 e. The van der Waals surface area contributed by atoms with Crippen molar-refractivity contribution < 1.29 is 18.0 Å². The number of hydrogen-bond donors (Lipinski definition) is 2. The van der Waals surface area contributed by atoms with E-state index in [1.54, 1.807) is 24.3 Å². The summed E-state index contributed by atoms with van der Waals surface area (Å²) in [7, 11) is -3.60.